The molecule has 0 heterocycles. The van der Waals surface area contributed by atoms with Gasteiger partial charge in [0.2, 0.25) is 0 Å². The van der Waals surface area contributed by atoms with Crippen LogP contribution in [0.2, 0.25) is 0 Å². The molecule has 2 rings (SSSR count). The molecule has 0 aliphatic carbocycles. The van der Waals surface area contributed by atoms with E-state index in [1.165, 1.54) is 18.4 Å². The fraction of sp³-hybridized carbons (Fsp3) is 0.294. The second-order valence-electron chi connectivity index (χ2n) is 4.74. The number of halogens is 2. The van der Waals surface area contributed by atoms with Crippen molar-refractivity contribution < 1.29 is 4.74 Å². The number of hydrogen-bond donors (Lipinski definition) is 0. The van der Waals surface area contributed by atoms with Crippen molar-refractivity contribution in [3.8, 4) is 11.5 Å². The average Bonchev–Trinajstić information content (AvgIpc) is 2.48. The lowest BCUT2D eigenvalue weighted by molar-refractivity contribution is 0.478. The second-order valence-corrected chi connectivity index (χ2v) is 5.92. The van der Waals surface area contributed by atoms with Crippen molar-refractivity contribution in [2.24, 2.45) is 0 Å². The summed E-state index contributed by atoms with van der Waals surface area (Å²) in [6.45, 7) is 2.21. The molecular weight excluding hydrogens is 336 g/mol. The third-order valence-corrected chi connectivity index (χ3v) is 3.92. The number of alkyl halides is 1. The monoisotopic (exact) mass is 352 g/mol. The molecule has 0 spiro atoms. The third-order valence-electron chi connectivity index (χ3n) is 3.14. The van der Waals surface area contributed by atoms with Gasteiger partial charge in [0.15, 0.2) is 0 Å². The smallest absolute Gasteiger partial charge is 0.131 e. The Hall–Kier alpha value is -0.990. The maximum absolute atomic E-state index is 5.95. The highest BCUT2D eigenvalue weighted by Crippen LogP contribution is 2.29. The standard InChI is InChI=1S/C17H18BrClO/c1-2-3-4-13-5-8-16(9-6-13)20-17-10-7-15(18)11-14(17)12-19/h5-11H,2-4,12H2,1H3. The zero-order valence-corrected chi connectivity index (χ0v) is 13.9. The van der Waals surface area contributed by atoms with Crippen molar-refractivity contribution in [2.45, 2.75) is 32.1 Å². The summed E-state index contributed by atoms with van der Waals surface area (Å²) < 4.78 is 6.92. The van der Waals surface area contributed by atoms with E-state index >= 15 is 0 Å². The van der Waals surface area contributed by atoms with Crippen LogP contribution in [0.1, 0.15) is 30.9 Å². The van der Waals surface area contributed by atoms with Crippen LogP contribution in [-0.4, -0.2) is 0 Å². The quantitative estimate of drug-likeness (QED) is 0.552. The highest BCUT2D eigenvalue weighted by Gasteiger charge is 2.05. The number of rotatable bonds is 6. The van der Waals surface area contributed by atoms with E-state index < -0.39 is 0 Å². The first-order valence-electron chi connectivity index (χ1n) is 6.84. The average molecular weight is 354 g/mol. The molecule has 0 fully saturated rings. The Bertz CT molecular complexity index is 551. The Labute approximate surface area is 134 Å². The minimum Gasteiger partial charge on any atom is -0.457 e. The zero-order valence-electron chi connectivity index (χ0n) is 11.5. The summed E-state index contributed by atoms with van der Waals surface area (Å²) in [6, 6.07) is 14.2. The lowest BCUT2D eigenvalue weighted by atomic mass is 10.1. The predicted octanol–water partition coefficient (Wildman–Crippen LogP) is 6.32. The summed E-state index contributed by atoms with van der Waals surface area (Å²) in [5.41, 5.74) is 2.34. The van der Waals surface area contributed by atoms with Gasteiger partial charge in [-0.2, -0.15) is 0 Å². The van der Waals surface area contributed by atoms with Gasteiger partial charge in [0, 0.05) is 10.0 Å². The Kier molecular flexibility index (Phi) is 5.93. The maximum atomic E-state index is 5.95. The number of aryl methyl sites for hydroxylation is 1. The van der Waals surface area contributed by atoms with E-state index in [2.05, 4.69) is 35.0 Å². The molecule has 0 radical (unpaired) electrons. The van der Waals surface area contributed by atoms with Gasteiger partial charge < -0.3 is 4.74 Å². The van der Waals surface area contributed by atoms with Gasteiger partial charge in [-0.3, -0.25) is 0 Å². The molecule has 0 bridgehead atoms. The van der Waals surface area contributed by atoms with Gasteiger partial charge in [0.25, 0.3) is 0 Å². The minimum absolute atomic E-state index is 0.434. The van der Waals surface area contributed by atoms with Crippen LogP contribution in [0.3, 0.4) is 0 Å². The molecule has 0 saturated carbocycles. The van der Waals surface area contributed by atoms with Crippen molar-refractivity contribution in [1.82, 2.24) is 0 Å². The largest absolute Gasteiger partial charge is 0.457 e. The molecule has 106 valence electrons. The first-order valence-corrected chi connectivity index (χ1v) is 8.17. The van der Waals surface area contributed by atoms with Crippen LogP contribution >= 0.6 is 27.5 Å². The van der Waals surface area contributed by atoms with E-state index in [-0.39, 0.29) is 0 Å². The van der Waals surface area contributed by atoms with Crippen LogP contribution in [-0.2, 0) is 12.3 Å². The summed E-state index contributed by atoms with van der Waals surface area (Å²) in [4.78, 5) is 0. The molecule has 0 aliphatic heterocycles. The van der Waals surface area contributed by atoms with Crippen molar-refractivity contribution >= 4 is 27.5 Å². The fourth-order valence-electron chi connectivity index (χ4n) is 1.98. The van der Waals surface area contributed by atoms with Crippen LogP contribution in [0.15, 0.2) is 46.9 Å². The van der Waals surface area contributed by atoms with Crippen LogP contribution < -0.4 is 4.74 Å². The number of benzene rings is 2. The highest BCUT2D eigenvalue weighted by molar-refractivity contribution is 9.10. The van der Waals surface area contributed by atoms with Gasteiger partial charge in [-0.25, -0.2) is 0 Å². The number of hydrogen-bond acceptors (Lipinski definition) is 1. The molecule has 2 aromatic rings. The number of unbranched alkanes of at least 4 members (excludes halogenated alkanes) is 1. The van der Waals surface area contributed by atoms with E-state index in [4.69, 9.17) is 16.3 Å². The molecule has 0 atom stereocenters. The van der Waals surface area contributed by atoms with Crippen molar-refractivity contribution in [3.63, 3.8) is 0 Å². The molecule has 0 saturated heterocycles. The first kappa shape index (κ1) is 15.4. The molecule has 0 unspecified atom stereocenters. The van der Waals surface area contributed by atoms with Gasteiger partial charge in [0.1, 0.15) is 11.5 Å². The van der Waals surface area contributed by atoms with E-state index in [1.54, 1.807) is 0 Å². The van der Waals surface area contributed by atoms with Crippen LogP contribution in [0.25, 0.3) is 0 Å². The van der Waals surface area contributed by atoms with Crippen molar-refractivity contribution in [3.05, 3.63) is 58.1 Å². The number of ether oxygens (including phenoxy) is 1. The summed E-state index contributed by atoms with van der Waals surface area (Å²) in [7, 11) is 0. The SMILES string of the molecule is CCCCc1ccc(Oc2ccc(Br)cc2CCl)cc1. The van der Waals surface area contributed by atoms with E-state index in [9.17, 15) is 0 Å². The van der Waals surface area contributed by atoms with E-state index in [0.717, 1.165) is 28.0 Å². The molecule has 2 aromatic carbocycles. The van der Waals surface area contributed by atoms with Gasteiger partial charge in [-0.1, -0.05) is 41.4 Å². The lowest BCUT2D eigenvalue weighted by Gasteiger charge is -2.10. The van der Waals surface area contributed by atoms with Gasteiger partial charge in [0.05, 0.1) is 5.88 Å². The Balaban J connectivity index is 2.10. The molecule has 0 aliphatic rings. The Morgan fingerprint density at radius 2 is 1.85 bits per heavy atom. The molecule has 0 aromatic heterocycles. The summed E-state index contributed by atoms with van der Waals surface area (Å²) in [5.74, 6) is 2.09. The van der Waals surface area contributed by atoms with Gasteiger partial charge in [-0.05, 0) is 48.7 Å². The third kappa shape index (κ3) is 4.26. The van der Waals surface area contributed by atoms with E-state index in [1.807, 2.05) is 30.3 Å². The molecule has 20 heavy (non-hydrogen) atoms. The van der Waals surface area contributed by atoms with E-state index in [0.29, 0.717) is 5.88 Å². The summed E-state index contributed by atoms with van der Waals surface area (Å²) in [6.07, 6.45) is 3.57. The molecular formula is C17H18BrClO. The Morgan fingerprint density at radius 3 is 2.50 bits per heavy atom. The van der Waals surface area contributed by atoms with Crippen molar-refractivity contribution in [2.75, 3.05) is 0 Å². The van der Waals surface area contributed by atoms with Crippen LogP contribution in [0, 0.1) is 0 Å². The lowest BCUT2D eigenvalue weighted by Crippen LogP contribution is -1.90. The minimum atomic E-state index is 0.434. The van der Waals surface area contributed by atoms with Gasteiger partial charge in [-0.15, -0.1) is 11.6 Å². The fourth-order valence-corrected chi connectivity index (χ4v) is 2.60. The maximum Gasteiger partial charge on any atom is 0.131 e. The molecule has 0 amide bonds. The summed E-state index contributed by atoms with van der Waals surface area (Å²) >= 11 is 9.39. The normalized spacial score (nSPS) is 10.6. The zero-order chi connectivity index (χ0) is 14.4. The van der Waals surface area contributed by atoms with Gasteiger partial charge >= 0.3 is 0 Å². The molecule has 0 N–H and O–H groups in total. The first-order chi connectivity index (χ1) is 9.72. The predicted molar refractivity (Wildman–Crippen MR) is 88.8 cm³/mol. The molecule has 1 nitrogen and oxygen atoms in total. The topological polar surface area (TPSA) is 9.23 Å². The van der Waals surface area contributed by atoms with Crippen LogP contribution in [0.4, 0.5) is 0 Å². The van der Waals surface area contributed by atoms with Crippen molar-refractivity contribution in [1.29, 1.82) is 0 Å². The summed E-state index contributed by atoms with van der Waals surface area (Å²) in [5, 5.41) is 0. The van der Waals surface area contributed by atoms with Crippen LogP contribution in [0.5, 0.6) is 11.5 Å². The molecule has 3 heteroatoms. The highest BCUT2D eigenvalue weighted by atomic mass is 79.9. The second kappa shape index (κ2) is 7.70. The Morgan fingerprint density at radius 1 is 1.10 bits per heavy atom.